The number of aliphatic hydroxyl groups excluding tert-OH is 6. The maximum atomic E-state index is 11.4. The van der Waals surface area contributed by atoms with Gasteiger partial charge in [0.25, 0.3) is 0 Å². The zero-order valence-electron chi connectivity index (χ0n) is 40.9. The summed E-state index contributed by atoms with van der Waals surface area (Å²) in [6, 6.07) is 9.42. The van der Waals surface area contributed by atoms with Gasteiger partial charge in [-0.05, 0) is 37.7 Å². The molecule has 2 heterocycles. The summed E-state index contributed by atoms with van der Waals surface area (Å²) in [6.45, 7) is 5.50. The largest absolute Gasteiger partial charge is 0.394 e. The molecule has 14 nitrogen and oxygen atoms in total. The van der Waals surface area contributed by atoms with Crippen molar-refractivity contribution in [1.29, 1.82) is 0 Å². The van der Waals surface area contributed by atoms with Gasteiger partial charge < -0.3 is 54.3 Å². The van der Waals surface area contributed by atoms with Crippen LogP contribution in [0.1, 0.15) is 198 Å². The maximum absolute atomic E-state index is 11.4. The van der Waals surface area contributed by atoms with Gasteiger partial charge in [-0.1, -0.05) is 184 Å². The van der Waals surface area contributed by atoms with Crippen LogP contribution in [0.4, 0.5) is 0 Å². The fraction of sp³-hybridized carbons (Fsp3) is 0.846. The van der Waals surface area contributed by atoms with Gasteiger partial charge in [0.2, 0.25) is 0 Å². The Morgan fingerprint density at radius 3 is 1.61 bits per heavy atom. The van der Waals surface area contributed by atoms with Crippen molar-refractivity contribution in [3.05, 3.63) is 47.8 Å². The lowest BCUT2D eigenvalue weighted by Crippen LogP contribution is -2.59. The summed E-state index contributed by atoms with van der Waals surface area (Å²) in [5, 5.41) is 71.6. The minimum Gasteiger partial charge on any atom is -0.394 e. The van der Waals surface area contributed by atoms with Crippen LogP contribution in [0.2, 0.25) is 0 Å². The van der Waals surface area contributed by atoms with Crippen LogP contribution in [0, 0.1) is 0 Å². The molecule has 1 saturated heterocycles. The average molecular weight is 936 g/mol. The van der Waals surface area contributed by atoms with Gasteiger partial charge in [-0.3, -0.25) is 0 Å². The maximum Gasteiger partial charge on any atom is 0.186 e. The van der Waals surface area contributed by atoms with Gasteiger partial charge in [-0.15, -0.1) is 5.10 Å². The molecular formula is C52H93N3O11. The summed E-state index contributed by atoms with van der Waals surface area (Å²) in [6.07, 6.45) is 23.4. The van der Waals surface area contributed by atoms with Crippen LogP contribution in [0.3, 0.4) is 0 Å². The Hall–Kier alpha value is -2.08. The lowest BCUT2D eigenvalue weighted by atomic mass is 9.98. The summed E-state index contributed by atoms with van der Waals surface area (Å²) >= 11 is 0. The van der Waals surface area contributed by atoms with Crippen molar-refractivity contribution in [1.82, 2.24) is 15.0 Å². The third-order valence-electron chi connectivity index (χ3n) is 12.8. The summed E-state index contributed by atoms with van der Waals surface area (Å²) in [5.74, 6) is 0. The molecule has 6 N–H and O–H groups in total. The molecule has 0 radical (unpaired) electrons. The van der Waals surface area contributed by atoms with Gasteiger partial charge in [0.1, 0.15) is 42.3 Å². The van der Waals surface area contributed by atoms with Crippen molar-refractivity contribution < 1.29 is 54.3 Å². The van der Waals surface area contributed by atoms with E-state index >= 15 is 0 Å². The predicted molar refractivity (Wildman–Crippen MR) is 258 cm³/mol. The molecule has 382 valence electrons. The minimum atomic E-state index is -1.60. The van der Waals surface area contributed by atoms with Gasteiger partial charge in [-0.2, -0.15) is 0 Å². The topological polar surface area (TPSA) is 198 Å². The van der Waals surface area contributed by atoms with Gasteiger partial charge in [-0.25, -0.2) is 4.68 Å². The summed E-state index contributed by atoms with van der Waals surface area (Å²) < 4.78 is 30.3. The molecule has 2 aromatic rings. The minimum absolute atomic E-state index is 0.245. The highest BCUT2D eigenvalue weighted by Gasteiger charge is 2.44. The molecule has 66 heavy (non-hydrogen) atoms. The Kier molecular flexibility index (Phi) is 34.2. The molecule has 3 rings (SSSR count). The molecular weight excluding hydrogens is 843 g/mol. The zero-order valence-corrected chi connectivity index (χ0v) is 40.9. The van der Waals surface area contributed by atoms with Gasteiger partial charge >= 0.3 is 0 Å². The third-order valence-corrected chi connectivity index (χ3v) is 12.8. The van der Waals surface area contributed by atoms with Crippen molar-refractivity contribution >= 4 is 0 Å². The lowest BCUT2D eigenvalue weighted by molar-refractivity contribution is -0.304. The molecule has 0 unspecified atom stereocenters. The molecule has 0 amide bonds. The second kappa shape index (κ2) is 38.7. The second-order valence-electron chi connectivity index (χ2n) is 18.7. The first-order chi connectivity index (χ1) is 32.3. The van der Waals surface area contributed by atoms with E-state index in [1.807, 2.05) is 18.2 Å². The summed E-state index contributed by atoms with van der Waals surface area (Å²) in [7, 11) is 0. The zero-order chi connectivity index (χ0) is 47.3. The fourth-order valence-corrected chi connectivity index (χ4v) is 8.52. The monoisotopic (exact) mass is 936 g/mol. The Bertz CT molecular complexity index is 1370. The van der Waals surface area contributed by atoms with Gasteiger partial charge in [0.05, 0.1) is 38.7 Å². The number of benzene rings is 1. The summed E-state index contributed by atoms with van der Waals surface area (Å²) in [5.41, 5.74) is 1.80. The van der Waals surface area contributed by atoms with Crippen LogP contribution in [0.25, 0.3) is 0 Å². The van der Waals surface area contributed by atoms with E-state index in [9.17, 15) is 30.6 Å². The predicted octanol–water partition coefficient (Wildman–Crippen LogP) is 8.66. The van der Waals surface area contributed by atoms with Crippen LogP contribution in [0.15, 0.2) is 36.5 Å². The van der Waals surface area contributed by atoms with Crippen molar-refractivity contribution in [2.75, 3.05) is 39.6 Å². The SMILES string of the molecule is CCCCCCCCCCCCCC[C@@H](O)[C@@H](O)[C@H](CO[C@H]1O[C@H](CO)[C@H](O)[C@H](O)[C@H]1O)n1cc(COCCCCCCCCCCCCOCCCCCCOCc2ccccc2)nn1. The van der Waals surface area contributed by atoms with Crippen LogP contribution in [-0.4, -0.2) is 128 Å². The third kappa shape index (κ3) is 26.1. The number of hydrogen-bond acceptors (Lipinski definition) is 13. The second-order valence-corrected chi connectivity index (χ2v) is 18.7. The number of aliphatic hydroxyl groups is 6. The fourth-order valence-electron chi connectivity index (χ4n) is 8.52. The van der Waals surface area contributed by atoms with Crippen LogP contribution in [-0.2, 0) is 36.9 Å². The Morgan fingerprint density at radius 2 is 1.08 bits per heavy atom. The van der Waals surface area contributed by atoms with Crippen LogP contribution in [0.5, 0.6) is 0 Å². The van der Waals surface area contributed by atoms with E-state index in [1.54, 1.807) is 6.20 Å². The molecule has 14 heteroatoms. The lowest BCUT2D eigenvalue weighted by Gasteiger charge is -2.40. The van der Waals surface area contributed by atoms with Gasteiger partial charge in [0, 0.05) is 26.4 Å². The normalized spacial score (nSPS) is 20.2. The molecule has 1 aliphatic rings. The molecule has 1 aromatic heterocycles. The van der Waals surface area contributed by atoms with Crippen molar-refractivity contribution in [2.24, 2.45) is 0 Å². The molecule has 1 fully saturated rings. The van der Waals surface area contributed by atoms with Crippen molar-refractivity contribution in [3.63, 3.8) is 0 Å². The summed E-state index contributed by atoms with van der Waals surface area (Å²) in [4.78, 5) is 0. The molecule has 1 aliphatic heterocycles. The first-order valence-corrected chi connectivity index (χ1v) is 26.3. The molecule has 1 aromatic carbocycles. The highest BCUT2D eigenvalue weighted by molar-refractivity contribution is 5.13. The first kappa shape index (κ1) is 58.2. The number of ether oxygens (including phenoxy) is 5. The van der Waals surface area contributed by atoms with Gasteiger partial charge in [0.15, 0.2) is 6.29 Å². The highest BCUT2D eigenvalue weighted by atomic mass is 16.7. The van der Waals surface area contributed by atoms with Crippen molar-refractivity contribution in [3.8, 4) is 0 Å². The molecule has 0 bridgehead atoms. The Labute approximate surface area is 398 Å². The highest BCUT2D eigenvalue weighted by Crippen LogP contribution is 2.26. The van der Waals surface area contributed by atoms with Crippen LogP contribution >= 0.6 is 0 Å². The van der Waals surface area contributed by atoms with E-state index in [0.29, 0.717) is 25.3 Å². The van der Waals surface area contributed by atoms with E-state index in [-0.39, 0.29) is 13.2 Å². The molecule has 8 atom stereocenters. The van der Waals surface area contributed by atoms with E-state index in [0.717, 1.165) is 71.2 Å². The Morgan fingerprint density at radius 1 is 0.591 bits per heavy atom. The molecule has 0 spiro atoms. The van der Waals surface area contributed by atoms with E-state index in [2.05, 4.69) is 29.4 Å². The number of hydrogen-bond donors (Lipinski definition) is 6. The van der Waals surface area contributed by atoms with E-state index in [4.69, 9.17) is 23.7 Å². The van der Waals surface area contributed by atoms with E-state index < -0.39 is 55.6 Å². The molecule has 0 saturated carbocycles. The quantitative estimate of drug-likeness (QED) is 0.0346. The number of aromatic nitrogens is 3. The molecule has 0 aliphatic carbocycles. The number of nitrogens with zero attached hydrogens (tertiary/aromatic N) is 3. The number of rotatable bonds is 44. The average Bonchev–Trinajstić information content (AvgIpc) is 3.80. The first-order valence-electron chi connectivity index (χ1n) is 26.3. The van der Waals surface area contributed by atoms with E-state index in [1.165, 1.54) is 126 Å². The smallest absolute Gasteiger partial charge is 0.186 e. The van der Waals surface area contributed by atoms with Crippen LogP contribution < -0.4 is 0 Å². The Balaban J connectivity index is 1.23. The standard InChI is InChI=1S/C52H93N3O11/c1-2-3-4-5-6-7-8-9-12-15-18-26-33-46(57)48(58)45(42-65-52-51(61)50(60)49(59)47(39-56)66-52)55-38-44(53-54-55)41-64-37-29-20-17-14-11-10-13-16-19-27-34-62-35-28-21-22-30-36-63-40-43-31-24-23-25-32-43/h23-25,31-32,38,45-52,56-61H,2-22,26-30,33-37,39-42H2,1H3/t45-,46+,47+,48-,49-,50-,51+,52-/m0/s1. The van der Waals surface area contributed by atoms with Crippen molar-refractivity contribution in [2.45, 2.75) is 242 Å². The number of unbranched alkanes of at least 4 members (excludes halogenated alkanes) is 23.